The largest absolute Gasteiger partial charge is 0.478 e. The number of aryl methyl sites for hydroxylation is 1. The monoisotopic (exact) mass is 269 g/mol. The first-order chi connectivity index (χ1) is 9.56. The number of hydrogen-bond donors (Lipinski definition) is 2. The van der Waals surface area contributed by atoms with Gasteiger partial charge in [-0.25, -0.2) is 4.79 Å². The van der Waals surface area contributed by atoms with Gasteiger partial charge in [-0.2, -0.15) is 0 Å². The Kier molecular flexibility index (Phi) is 4.15. The van der Waals surface area contributed by atoms with Crippen LogP contribution in [0.2, 0.25) is 0 Å². The number of benzene rings is 2. The third-order valence-electron chi connectivity index (χ3n) is 2.92. The number of aromatic carboxylic acids is 1. The second kappa shape index (κ2) is 6.02. The molecule has 4 nitrogen and oxygen atoms in total. The molecule has 0 aliphatic carbocycles. The average molecular weight is 269 g/mol. The van der Waals surface area contributed by atoms with Gasteiger partial charge in [0.05, 0.1) is 17.7 Å². The van der Waals surface area contributed by atoms with Crippen LogP contribution in [0.4, 0.5) is 5.69 Å². The van der Waals surface area contributed by atoms with E-state index in [9.17, 15) is 9.59 Å². The van der Waals surface area contributed by atoms with Gasteiger partial charge in [0.25, 0.3) is 0 Å². The summed E-state index contributed by atoms with van der Waals surface area (Å²) < 4.78 is 0. The molecule has 1 amide bonds. The van der Waals surface area contributed by atoms with Crippen molar-refractivity contribution in [3.05, 3.63) is 65.2 Å². The van der Waals surface area contributed by atoms with Crippen LogP contribution in [0.5, 0.6) is 0 Å². The second-order valence-corrected chi connectivity index (χ2v) is 4.56. The van der Waals surface area contributed by atoms with Crippen molar-refractivity contribution in [1.29, 1.82) is 0 Å². The van der Waals surface area contributed by atoms with Crippen LogP contribution in [0.15, 0.2) is 48.5 Å². The minimum Gasteiger partial charge on any atom is -0.478 e. The number of anilines is 1. The molecule has 102 valence electrons. The smallest absolute Gasteiger partial charge is 0.337 e. The van der Waals surface area contributed by atoms with E-state index in [1.54, 1.807) is 18.2 Å². The Morgan fingerprint density at radius 1 is 1.05 bits per heavy atom. The number of carboxylic acids is 1. The number of carboxylic acid groups (broad SMARTS) is 1. The van der Waals surface area contributed by atoms with Gasteiger partial charge in [-0.1, -0.05) is 42.0 Å². The number of carbonyl (C=O) groups excluding carboxylic acids is 1. The Balaban J connectivity index is 2.08. The molecule has 0 fully saturated rings. The molecule has 0 aromatic heterocycles. The van der Waals surface area contributed by atoms with Crippen LogP contribution in [0.1, 0.15) is 21.5 Å². The molecule has 0 bridgehead atoms. The van der Waals surface area contributed by atoms with E-state index < -0.39 is 5.97 Å². The summed E-state index contributed by atoms with van der Waals surface area (Å²) in [6, 6.07) is 14.0. The summed E-state index contributed by atoms with van der Waals surface area (Å²) in [5, 5.41) is 11.7. The van der Waals surface area contributed by atoms with Gasteiger partial charge < -0.3 is 10.4 Å². The van der Waals surface area contributed by atoms with Gasteiger partial charge in [-0.3, -0.25) is 4.79 Å². The van der Waals surface area contributed by atoms with E-state index in [4.69, 9.17) is 5.11 Å². The molecule has 0 atom stereocenters. The zero-order chi connectivity index (χ0) is 14.5. The fraction of sp³-hybridized carbons (Fsp3) is 0.125. The van der Waals surface area contributed by atoms with Crippen molar-refractivity contribution < 1.29 is 14.7 Å². The maximum atomic E-state index is 11.9. The number of nitrogens with one attached hydrogen (secondary N) is 1. The molecule has 0 saturated carbocycles. The van der Waals surface area contributed by atoms with E-state index in [2.05, 4.69) is 5.32 Å². The first-order valence-corrected chi connectivity index (χ1v) is 6.24. The summed E-state index contributed by atoms with van der Waals surface area (Å²) in [4.78, 5) is 23.0. The summed E-state index contributed by atoms with van der Waals surface area (Å²) in [7, 11) is 0. The summed E-state index contributed by atoms with van der Waals surface area (Å²) in [6.45, 7) is 1.98. The second-order valence-electron chi connectivity index (χ2n) is 4.56. The minimum atomic E-state index is -1.06. The molecule has 2 N–H and O–H groups in total. The van der Waals surface area contributed by atoms with Crippen LogP contribution in [0.3, 0.4) is 0 Å². The number of amides is 1. The molecule has 0 aliphatic heterocycles. The third kappa shape index (κ3) is 3.45. The normalized spacial score (nSPS) is 10.1. The van der Waals surface area contributed by atoms with Crippen LogP contribution >= 0.6 is 0 Å². The van der Waals surface area contributed by atoms with Gasteiger partial charge in [0.15, 0.2) is 0 Å². The van der Waals surface area contributed by atoms with Crippen molar-refractivity contribution in [3.8, 4) is 0 Å². The third-order valence-corrected chi connectivity index (χ3v) is 2.92. The average Bonchev–Trinajstić information content (AvgIpc) is 2.41. The van der Waals surface area contributed by atoms with Gasteiger partial charge in [0, 0.05) is 0 Å². The van der Waals surface area contributed by atoms with Crippen LogP contribution < -0.4 is 5.32 Å². The lowest BCUT2D eigenvalue weighted by molar-refractivity contribution is -0.115. The molecule has 0 radical (unpaired) electrons. The Morgan fingerprint density at radius 2 is 1.70 bits per heavy atom. The Labute approximate surface area is 117 Å². The maximum Gasteiger partial charge on any atom is 0.337 e. The number of rotatable bonds is 4. The molecule has 2 aromatic rings. The van der Waals surface area contributed by atoms with Crippen LogP contribution in [-0.2, 0) is 11.2 Å². The zero-order valence-electron chi connectivity index (χ0n) is 11.1. The van der Waals surface area contributed by atoms with Crippen molar-refractivity contribution >= 4 is 17.6 Å². The first kappa shape index (κ1) is 13.8. The predicted octanol–water partition coefficient (Wildman–Crippen LogP) is 2.87. The van der Waals surface area contributed by atoms with E-state index in [0.29, 0.717) is 5.69 Å². The van der Waals surface area contributed by atoms with Gasteiger partial charge in [-0.05, 0) is 24.6 Å². The summed E-state index contributed by atoms with van der Waals surface area (Å²) in [5.74, 6) is -1.29. The SMILES string of the molecule is Cc1ccc(CC(=O)Nc2ccccc2C(=O)O)cc1. The Bertz CT molecular complexity index is 632. The fourth-order valence-corrected chi connectivity index (χ4v) is 1.86. The lowest BCUT2D eigenvalue weighted by Gasteiger charge is -2.08. The fourth-order valence-electron chi connectivity index (χ4n) is 1.86. The summed E-state index contributed by atoms with van der Waals surface area (Å²) in [5.41, 5.74) is 2.42. The Morgan fingerprint density at radius 3 is 2.35 bits per heavy atom. The van der Waals surface area contributed by atoms with Crippen molar-refractivity contribution in [1.82, 2.24) is 0 Å². The molecule has 0 saturated heterocycles. The lowest BCUT2D eigenvalue weighted by Crippen LogP contribution is -2.16. The van der Waals surface area contributed by atoms with Gasteiger partial charge >= 0.3 is 5.97 Å². The highest BCUT2D eigenvalue weighted by molar-refractivity contribution is 6.00. The highest BCUT2D eigenvalue weighted by Crippen LogP contribution is 2.15. The minimum absolute atomic E-state index is 0.0877. The van der Waals surface area contributed by atoms with Crippen LogP contribution in [0, 0.1) is 6.92 Å². The van der Waals surface area contributed by atoms with E-state index in [1.165, 1.54) is 6.07 Å². The molecule has 4 heteroatoms. The number of para-hydroxylation sites is 1. The molecule has 0 spiro atoms. The summed E-state index contributed by atoms with van der Waals surface area (Å²) in [6.07, 6.45) is 0.217. The van der Waals surface area contributed by atoms with Crippen molar-refractivity contribution in [3.63, 3.8) is 0 Å². The van der Waals surface area contributed by atoms with Gasteiger partial charge in [0.2, 0.25) is 5.91 Å². The lowest BCUT2D eigenvalue weighted by atomic mass is 10.1. The van der Waals surface area contributed by atoms with Gasteiger partial charge in [0.1, 0.15) is 0 Å². The topological polar surface area (TPSA) is 66.4 Å². The van der Waals surface area contributed by atoms with Crippen molar-refractivity contribution in [2.24, 2.45) is 0 Å². The number of carbonyl (C=O) groups is 2. The molecular weight excluding hydrogens is 254 g/mol. The quantitative estimate of drug-likeness (QED) is 0.896. The van der Waals surface area contributed by atoms with E-state index in [0.717, 1.165) is 11.1 Å². The van der Waals surface area contributed by atoms with E-state index in [-0.39, 0.29) is 17.9 Å². The first-order valence-electron chi connectivity index (χ1n) is 6.24. The highest BCUT2D eigenvalue weighted by Gasteiger charge is 2.11. The summed E-state index contributed by atoms with van der Waals surface area (Å²) >= 11 is 0. The van der Waals surface area contributed by atoms with E-state index in [1.807, 2.05) is 31.2 Å². The van der Waals surface area contributed by atoms with Crippen molar-refractivity contribution in [2.75, 3.05) is 5.32 Å². The van der Waals surface area contributed by atoms with Crippen LogP contribution in [0.25, 0.3) is 0 Å². The molecular formula is C16H15NO3. The molecule has 2 rings (SSSR count). The molecule has 0 unspecified atom stereocenters. The standard InChI is InChI=1S/C16H15NO3/c1-11-6-8-12(9-7-11)10-15(18)17-14-5-3-2-4-13(14)16(19)20/h2-9H,10H2,1H3,(H,17,18)(H,19,20). The molecule has 0 heterocycles. The van der Waals surface area contributed by atoms with Crippen LogP contribution in [-0.4, -0.2) is 17.0 Å². The highest BCUT2D eigenvalue weighted by atomic mass is 16.4. The van der Waals surface area contributed by atoms with Crippen molar-refractivity contribution in [2.45, 2.75) is 13.3 Å². The molecule has 2 aromatic carbocycles. The molecule has 0 aliphatic rings. The Hall–Kier alpha value is -2.62. The zero-order valence-corrected chi connectivity index (χ0v) is 11.1. The predicted molar refractivity (Wildman–Crippen MR) is 76.9 cm³/mol. The number of hydrogen-bond acceptors (Lipinski definition) is 2. The maximum absolute atomic E-state index is 11.9. The van der Waals surface area contributed by atoms with Gasteiger partial charge in [-0.15, -0.1) is 0 Å². The van der Waals surface area contributed by atoms with E-state index >= 15 is 0 Å². The molecule has 20 heavy (non-hydrogen) atoms.